The molecule has 0 heterocycles. The van der Waals surface area contributed by atoms with Crippen molar-refractivity contribution in [1.82, 2.24) is 0 Å². The number of rotatable bonds is 4. The van der Waals surface area contributed by atoms with Crippen molar-refractivity contribution in [1.29, 1.82) is 0 Å². The van der Waals surface area contributed by atoms with Crippen LogP contribution >= 0.6 is 11.8 Å². The van der Waals surface area contributed by atoms with Crippen molar-refractivity contribution in [2.45, 2.75) is 20.8 Å². The van der Waals surface area contributed by atoms with E-state index in [-0.39, 0.29) is 0 Å². The lowest BCUT2D eigenvalue weighted by atomic mass is 10.2. The van der Waals surface area contributed by atoms with Gasteiger partial charge in [-0.3, -0.25) is 4.99 Å². The highest BCUT2D eigenvalue weighted by Gasteiger charge is 1.99. The lowest BCUT2D eigenvalue weighted by Gasteiger charge is -2.05. The lowest BCUT2D eigenvalue weighted by Crippen LogP contribution is -1.86. The molecule has 0 aliphatic rings. The Kier molecular flexibility index (Phi) is 5.94. The second kappa shape index (κ2) is 6.23. The zero-order valence-corrected chi connectivity index (χ0v) is 8.19. The van der Waals surface area contributed by atoms with Crippen molar-refractivity contribution < 1.29 is 0 Å². The molecule has 0 aromatic heterocycles. The van der Waals surface area contributed by atoms with Crippen LogP contribution in [0.1, 0.15) is 20.8 Å². The van der Waals surface area contributed by atoms with Gasteiger partial charge in [-0.05, 0) is 18.2 Å². The molecule has 11 heavy (non-hydrogen) atoms. The maximum absolute atomic E-state index is 4.06. The number of hydrogen-bond donors (Lipinski definition) is 0. The summed E-state index contributed by atoms with van der Waals surface area (Å²) in [6.45, 7) is 9.86. The summed E-state index contributed by atoms with van der Waals surface area (Å²) < 4.78 is 0. The molecule has 0 atom stereocenters. The first-order valence-corrected chi connectivity index (χ1v) is 4.55. The fourth-order valence-electron chi connectivity index (χ4n) is 0.560. The van der Waals surface area contributed by atoms with E-state index in [9.17, 15) is 0 Å². The van der Waals surface area contributed by atoms with Gasteiger partial charge in [0, 0.05) is 17.3 Å². The fraction of sp³-hybridized carbons (Fsp3) is 0.444. The molecule has 0 aromatic carbocycles. The van der Waals surface area contributed by atoms with Gasteiger partial charge in [-0.1, -0.05) is 20.4 Å². The molecule has 0 N–H and O–H groups in total. The zero-order chi connectivity index (χ0) is 8.69. The van der Waals surface area contributed by atoms with Gasteiger partial charge < -0.3 is 0 Å². The monoisotopic (exact) mass is 169 g/mol. The largest absolute Gasteiger partial charge is 0.269 e. The average molecular weight is 169 g/mol. The minimum Gasteiger partial charge on any atom is -0.269 e. The fourth-order valence-corrected chi connectivity index (χ4v) is 1.15. The molecule has 62 valence electrons. The summed E-state index contributed by atoms with van der Waals surface area (Å²) in [5, 5.41) is 1.83. The second-order valence-electron chi connectivity index (χ2n) is 2.38. The van der Waals surface area contributed by atoms with Gasteiger partial charge in [-0.25, -0.2) is 0 Å². The Morgan fingerprint density at radius 1 is 1.55 bits per heavy atom. The summed E-state index contributed by atoms with van der Waals surface area (Å²) in [4.78, 5) is 5.30. The van der Waals surface area contributed by atoms with E-state index in [0.29, 0.717) is 5.92 Å². The van der Waals surface area contributed by atoms with Gasteiger partial charge >= 0.3 is 0 Å². The van der Waals surface area contributed by atoms with Crippen LogP contribution in [0.3, 0.4) is 0 Å². The number of nitrogens with zero attached hydrogens (tertiary/aromatic N) is 1. The number of aliphatic imine (C=N–C) groups is 1. The van der Waals surface area contributed by atoms with Gasteiger partial charge in [-0.15, -0.1) is 11.8 Å². The first-order valence-electron chi connectivity index (χ1n) is 3.67. The van der Waals surface area contributed by atoms with E-state index in [4.69, 9.17) is 0 Å². The van der Waals surface area contributed by atoms with Gasteiger partial charge in [0.2, 0.25) is 0 Å². The molecule has 0 spiro atoms. The van der Waals surface area contributed by atoms with Crippen molar-refractivity contribution >= 4 is 18.0 Å². The van der Waals surface area contributed by atoms with E-state index >= 15 is 0 Å². The molecule has 0 fully saturated rings. The van der Waals surface area contributed by atoms with E-state index in [1.54, 1.807) is 18.0 Å². The molecular weight excluding hydrogens is 154 g/mol. The minimum atomic E-state index is 0.529. The molecule has 0 unspecified atom stereocenters. The Hall–Kier alpha value is -0.500. The highest BCUT2D eigenvalue weighted by molar-refractivity contribution is 8.05. The molecule has 1 nitrogen and oxygen atoms in total. The Bertz CT molecular complexity index is 168. The first kappa shape index (κ1) is 10.5. The molecule has 0 aromatic rings. The summed E-state index contributed by atoms with van der Waals surface area (Å²) in [6, 6.07) is 0. The van der Waals surface area contributed by atoms with Crippen LogP contribution in [0, 0.1) is 5.92 Å². The van der Waals surface area contributed by atoms with Crippen LogP contribution in [0.5, 0.6) is 0 Å². The number of thioether (sulfide) groups is 1. The maximum atomic E-state index is 4.06. The summed E-state index contributed by atoms with van der Waals surface area (Å²) in [7, 11) is 0. The van der Waals surface area contributed by atoms with Crippen molar-refractivity contribution in [3.05, 3.63) is 23.1 Å². The average Bonchev–Trinajstić information content (AvgIpc) is 1.97. The summed E-state index contributed by atoms with van der Waals surface area (Å²) >= 11 is 1.64. The topological polar surface area (TPSA) is 12.4 Å². The molecular formula is C9H15NS. The van der Waals surface area contributed by atoms with Crippen LogP contribution in [-0.2, 0) is 0 Å². The van der Waals surface area contributed by atoms with Crippen molar-refractivity contribution in [2.75, 3.05) is 0 Å². The van der Waals surface area contributed by atoms with Crippen LogP contribution in [0.25, 0.3) is 0 Å². The van der Waals surface area contributed by atoms with Crippen LogP contribution < -0.4 is 0 Å². The summed E-state index contributed by atoms with van der Waals surface area (Å²) in [6.07, 6.45) is 3.67. The molecule has 0 radical (unpaired) electrons. The first-order chi connectivity index (χ1) is 5.22. The zero-order valence-electron chi connectivity index (χ0n) is 7.37. The molecule has 0 aliphatic heterocycles. The Labute approximate surface area is 73.3 Å². The Balaban J connectivity index is 4.18. The SMILES string of the molecule is C=CS/C(=C\N=CC)C(C)C. The molecule has 0 amide bonds. The third-order valence-electron chi connectivity index (χ3n) is 1.14. The van der Waals surface area contributed by atoms with Crippen LogP contribution in [-0.4, -0.2) is 6.21 Å². The van der Waals surface area contributed by atoms with E-state index in [2.05, 4.69) is 25.4 Å². The predicted octanol–water partition coefficient (Wildman–Crippen LogP) is 3.45. The minimum absolute atomic E-state index is 0.529. The van der Waals surface area contributed by atoms with Gasteiger partial charge in [0.05, 0.1) is 0 Å². The molecule has 0 aliphatic carbocycles. The quantitative estimate of drug-likeness (QED) is 0.587. The summed E-state index contributed by atoms with van der Waals surface area (Å²) in [5.41, 5.74) is 0. The molecule has 2 heteroatoms. The smallest absolute Gasteiger partial charge is 0.0364 e. The lowest BCUT2D eigenvalue weighted by molar-refractivity contribution is 0.814. The number of allylic oxidation sites excluding steroid dienone is 1. The number of hydrogen-bond acceptors (Lipinski definition) is 2. The third-order valence-corrected chi connectivity index (χ3v) is 2.15. The van der Waals surface area contributed by atoms with Crippen molar-refractivity contribution in [2.24, 2.45) is 10.9 Å². The van der Waals surface area contributed by atoms with Crippen molar-refractivity contribution in [3.8, 4) is 0 Å². The van der Waals surface area contributed by atoms with E-state index < -0.39 is 0 Å². The van der Waals surface area contributed by atoms with Gasteiger partial charge in [-0.2, -0.15) is 0 Å². The Morgan fingerprint density at radius 2 is 2.18 bits per heavy atom. The van der Waals surface area contributed by atoms with Gasteiger partial charge in [0.1, 0.15) is 0 Å². The van der Waals surface area contributed by atoms with Crippen LogP contribution in [0.4, 0.5) is 0 Å². The van der Waals surface area contributed by atoms with E-state index in [1.807, 2.05) is 18.5 Å². The Morgan fingerprint density at radius 3 is 2.55 bits per heavy atom. The second-order valence-corrected chi connectivity index (χ2v) is 3.42. The maximum Gasteiger partial charge on any atom is 0.0364 e. The van der Waals surface area contributed by atoms with Crippen LogP contribution in [0.15, 0.2) is 28.1 Å². The molecule has 0 saturated heterocycles. The highest BCUT2D eigenvalue weighted by Crippen LogP contribution is 2.24. The third kappa shape index (κ3) is 4.85. The highest BCUT2D eigenvalue weighted by atomic mass is 32.2. The molecule has 0 bridgehead atoms. The van der Waals surface area contributed by atoms with Gasteiger partial charge in [0.25, 0.3) is 0 Å². The van der Waals surface area contributed by atoms with Crippen molar-refractivity contribution in [3.63, 3.8) is 0 Å². The van der Waals surface area contributed by atoms with Gasteiger partial charge in [0.15, 0.2) is 0 Å². The predicted molar refractivity (Wildman–Crippen MR) is 54.9 cm³/mol. The van der Waals surface area contributed by atoms with E-state index in [0.717, 1.165) is 0 Å². The standard InChI is InChI=1S/C9H15NS/c1-5-10-7-9(8(3)4)11-6-2/h5-8H,2H2,1,3-4H3/b9-7-,10-5?. The van der Waals surface area contributed by atoms with E-state index in [1.165, 1.54) is 4.91 Å². The normalized spacial score (nSPS) is 12.9. The summed E-state index contributed by atoms with van der Waals surface area (Å²) in [5.74, 6) is 0.529. The van der Waals surface area contributed by atoms with Crippen LogP contribution in [0.2, 0.25) is 0 Å². The molecule has 0 saturated carbocycles. The molecule has 0 rings (SSSR count).